The maximum atomic E-state index is 5.41. The molecule has 1 atom stereocenters. The first-order valence-electron chi connectivity index (χ1n) is 4.57. The average Bonchev–Trinajstić information content (AvgIpc) is 2.28. The van der Waals surface area contributed by atoms with Crippen LogP contribution in [0, 0.1) is 0 Å². The third kappa shape index (κ3) is 3.70. The molecule has 1 saturated heterocycles. The highest BCUT2D eigenvalue weighted by Crippen LogP contribution is 2.03. The van der Waals surface area contributed by atoms with Gasteiger partial charge in [0.05, 0.1) is 0 Å². The van der Waals surface area contributed by atoms with Crippen molar-refractivity contribution < 1.29 is 0 Å². The van der Waals surface area contributed by atoms with Crippen LogP contribution >= 0.6 is 0 Å². The zero-order valence-electron chi connectivity index (χ0n) is 7.10. The molecule has 0 aliphatic carbocycles. The maximum Gasteiger partial charge on any atom is 0.00801 e. The summed E-state index contributed by atoms with van der Waals surface area (Å²) in [5, 5.41) is 6.83. The molecule has 66 valence electrons. The quantitative estimate of drug-likeness (QED) is 0.526. The van der Waals surface area contributed by atoms with Crippen LogP contribution in [-0.4, -0.2) is 32.2 Å². The summed E-state index contributed by atoms with van der Waals surface area (Å²) < 4.78 is 0. The first kappa shape index (κ1) is 8.97. The van der Waals surface area contributed by atoms with Crippen molar-refractivity contribution in [3.8, 4) is 0 Å². The van der Waals surface area contributed by atoms with Crippen molar-refractivity contribution in [1.29, 1.82) is 0 Å². The van der Waals surface area contributed by atoms with Crippen molar-refractivity contribution in [3.63, 3.8) is 0 Å². The minimum atomic E-state index is 0.702. The van der Waals surface area contributed by atoms with Crippen molar-refractivity contribution in [1.82, 2.24) is 10.6 Å². The Bertz CT molecular complexity index is 87.3. The molecule has 1 heterocycles. The monoisotopic (exact) mass is 157 g/mol. The van der Waals surface area contributed by atoms with Crippen LogP contribution in [0.3, 0.4) is 0 Å². The van der Waals surface area contributed by atoms with E-state index in [1.165, 1.54) is 25.8 Å². The van der Waals surface area contributed by atoms with E-state index in [2.05, 4.69) is 10.6 Å². The molecule has 0 saturated carbocycles. The van der Waals surface area contributed by atoms with Gasteiger partial charge in [0.2, 0.25) is 0 Å². The van der Waals surface area contributed by atoms with Crippen LogP contribution in [0.1, 0.15) is 19.3 Å². The second-order valence-corrected chi connectivity index (χ2v) is 3.12. The Morgan fingerprint density at radius 3 is 3.09 bits per heavy atom. The molecule has 1 aliphatic rings. The highest BCUT2D eigenvalue weighted by atomic mass is 14.9. The van der Waals surface area contributed by atoms with Gasteiger partial charge in [-0.2, -0.15) is 0 Å². The number of rotatable bonds is 3. The summed E-state index contributed by atoms with van der Waals surface area (Å²) in [6.45, 7) is 4.05. The van der Waals surface area contributed by atoms with Gasteiger partial charge in [-0.3, -0.25) is 0 Å². The third-order valence-corrected chi connectivity index (χ3v) is 2.15. The molecule has 0 radical (unpaired) electrons. The van der Waals surface area contributed by atoms with E-state index in [4.69, 9.17) is 5.73 Å². The van der Waals surface area contributed by atoms with Crippen LogP contribution in [0.4, 0.5) is 0 Å². The lowest BCUT2D eigenvalue weighted by molar-refractivity contribution is 0.475. The SMILES string of the molecule is NCCNC1CCCNCC1. The van der Waals surface area contributed by atoms with Crippen LogP contribution in [0.15, 0.2) is 0 Å². The fraction of sp³-hybridized carbons (Fsp3) is 1.00. The van der Waals surface area contributed by atoms with Gasteiger partial charge in [0.15, 0.2) is 0 Å². The van der Waals surface area contributed by atoms with E-state index in [0.717, 1.165) is 19.6 Å². The van der Waals surface area contributed by atoms with Gasteiger partial charge in [-0.25, -0.2) is 0 Å². The fourth-order valence-electron chi connectivity index (χ4n) is 1.51. The van der Waals surface area contributed by atoms with Gasteiger partial charge in [0.25, 0.3) is 0 Å². The van der Waals surface area contributed by atoms with Gasteiger partial charge in [0, 0.05) is 19.1 Å². The van der Waals surface area contributed by atoms with E-state index in [-0.39, 0.29) is 0 Å². The molecule has 1 unspecified atom stereocenters. The molecule has 1 rings (SSSR count). The number of nitrogens with one attached hydrogen (secondary N) is 2. The fourth-order valence-corrected chi connectivity index (χ4v) is 1.51. The van der Waals surface area contributed by atoms with E-state index in [9.17, 15) is 0 Å². The van der Waals surface area contributed by atoms with Crippen LogP contribution in [0.25, 0.3) is 0 Å². The summed E-state index contributed by atoms with van der Waals surface area (Å²) in [5.74, 6) is 0. The lowest BCUT2D eigenvalue weighted by atomic mass is 10.1. The largest absolute Gasteiger partial charge is 0.329 e. The molecule has 0 aromatic heterocycles. The number of hydrogen-bond donors (Lipinski definition) is 3. The van der Waals surface area contributed by atoms with E-state index in [1.807, 2.05) is 0 Å². The first-order chi connectivity index (χ1) is 5.43. The van der Waals surface area contributed by atoms with E-state index in [0.29, 0.717) is 6.04 Å². The molecule has 0 bridgehead atoms. The van der Waals surface area contributed by atoms with Gasteiger partial charge in [-0.1, -0.05) is 0 Å². The Morgan fingerprint density at radius 1 is 1.36 bits per heavy atom. The highest BCUT2D eigenvalue weighted by Gasteiger charge is 2.09. The van der Waals surface area contributed by atoms with Gasteiger partial charge in [-0.15, -0.1) is 0 Å². The maximum absolute atomic E-state index is 5.41. The molecular formula is C8H19N3. The Labute approximate surface area is 68.7 Å². The Hall–Kier alpha value is -0.120. The summed E-state index contributed by atoms with van der Waals surface area (Å²) in [6, 6.07) is 0.702. The van der Waals surface area contributed by atoms with Crippen molar-refractivity contribution >= 4 is 0 Å². The van der Waals surface area contributed by atoms with Crippen LogP contribution in [0.2, 0.25) is 0 Å². The molecule has 0 spiro atoms. The Kier molecular flexibility index (Phi) is 4.50. The molecule has 0 amide bonds. The average molecular weight is 157 g/mol. The molecule has 1 fully saturated rings. The molecular weight excluding hydrogens is 138 g/mol. The van der Waals surface area contributed by atoms with Crippen molar-refractivity contribution in [2.75, 3.05) is 26.2 Å². The smallest absolute Gasteiger partial charge is 0.00801 e. The zero-order valence-corrected chi connectivity index (χ0v) is 7.10. The predicted molar refractivity (Wildman–Crippen MR) is 47.6 cm³/mol. The van der Waals surface area contributed by atoms with Crippen LogP contribution in [-0.2, 0) is 0 Å². The molecule has 3 nitrogen and oxygen atoms in total. The Morgan fingerprint density at radius 2 is 2.27 bits per heavy atom. The van der Waals surface area contributed by atoms with Crippen LogP contribution < -0.4 is 16.4 Å². The molecule has 11 heavy (non-hydrogen) atoms. The standard InChI is InChI=1S/C8H19N3/c9-4-7-11-8-2-1-5-10-6-3-8/h8,10-11H,1-7,9H2. The van der Waals surface area contributed by atoms with Crippen molar-refractivity contribution in [2.24, 2.45) is 5.73 Å². The van der Waals surface area contributed by atoms with Gasteiger partial charge < -0.3 is 16.4 Å². The zero-order chi connectivity index (χ0) is 7.94. The molecule has 1 aliphatic heterocycles. The second-order valence-electron chi connectivity index (χ2n) is 3.12. The summed E-state index contributed by atoms with van der Waals surface area (Å²) in [4.78, 5) is 0. The first-order valence-corrected chi connectivity index (χ1v) is 4.57. The van der Waals surface area contributed by atoms with Crippen molar-refractivity contribution in [3.05, 3.63) is 0 Å². The van der Waals surface area contributed by atoms with Crippen molar-refractivity contribution in [2.45, 2.75) is 25.3 Å². The van der Waals surface area contributed by atoms with Gasteiger partial charge >= 0.3 is 0 Å². The molecule has 3 heteroatoms. The topological polar surface area (TPSA) is 50.1 Å². The minimum Gasteiger partial charge on any atom is -0.329 e. The normalized spacial score (nSPS) is 26.5. The van der Waals surface area contributed by atoms with Gasteiger partial charge in [-0.05, 0) is 32.4 Å². The van der Waals surface area contributed by atoms with E-state index >= 15 is 0 Å². The summed E-state index contributed by atoms with van der Waals surface area (Å²) in [5.41, 5.74) is 5.41. The molecule has 0 aromatic carbocycles. The van der Waals surface area contributed by atoms with Gasteiger partial charge in [0.1, 0.15) is 0 Å². The number of hydrogen-bond acceptors (Lipinski definition) is 3. The Balaban J connectivity index is 2.09. The summed E-state index contributed by atoms with van der Waals surface area (Å²) >= 11 is 0. The lowest BCUT2D eigenvalue weighted by Crippen LogP contribution is -2.33. The predicted octanol–water partition coefficient (Wildman–Crippen LogP) is -0.323. The second kappa shape index (κ2) is 5.52. The highest BCUT2D eigenvalue weighted by molar-refractivity contribution is 4.72. The van der Waals surface area contributed by atoms with E-state index in [1.54, 1.807) is 0 Å². The molecule has 0 aromatic rings. The summed E-state index contributed by atoms with van der Waals surface area (Å²) in [6.07, 6.45) is 3.84. The van der Waals surface area contributed by atoms with E-state index < -0.39 is 0 Å². The third-order valence-electron chi connectivity index (χ3n) is 2.15. The summed E-state index contributed by atoms with van der Waals surface area (Å²) in [7, 11) is 0. The van der Waals surface area contributed by atoms with Crippen LogP contribution in [0.5, 0.6) is 0 Å². The molecule has 4 N–H and O–H groups in total. The lowest BCUT2D eigenvalue weighted by Gasteiger charge is -2.14. The minimum absolute atomic E-state index is 0.702. The number of nitrogens with two attached hydrogens (primary N) is 1.